The zero-order valence-corrected chi connectivity index (χ0v) is 14.3. The van der Waals surface area contributed by atoms with E-state index < -0.39 is 10.1 Å². The molecule has 2 aromatic heterocycles. The minimum absolute atomic E-state index is 0.123. The Kier molecular flexibility index (Phi) is 5.38. The van der Waals surface area contributed by atoms with Crippen LogP contribution in [0.25, 0.3) is 11.4 Å². The molecule has 0 N–H and O–H groups in total. The molecule has 0 spiro atoms. The largest absolute Gasteiger partial charge is 0.273 e. The van der Waals surface area contributed by atoms with Crippen molar-refractivity contribution in [2.45, 2.75) is 27.3 Å². The molecule has 0 fully saturated rings. The number of aryl methyl sites for hydroxylation is 1. The van der Waals surface area contributed by atoms with Crippen LogP contribution in [0.2, 0.25) is 0 Å². The van der Waals surface area contributed by atoms with Crippen LogP contribution in [0.5, 0.6) is 0 Å². The van der Waals surface area contributed by atoms with Gasteiger partial charge in [0.05, 0.1) is 6.61 Å². The van der Waals surface area contributed by atoms with Crippen molar-refractivity contribution in [1.29, 1.82) is 0 Å². The molecule has 0 saturated carbocycles. The smallest absolute Gasteiger partial charge is 0.269 e. The van der Waals surface area contributed by atoms with Crippen LogP contribution < -0.4 is 4.68 Å². The van der Waals surface area contributed by atoms with E-state index in [-0.39, 0.29) is 24.3 Å². The average Bonchev–Trinajstić information content (AvgIpc) is 2.52. The van der Waals surface area contributed by atoms with Gasteiger partial charge in [-0.2, -0.15) is 8.42 Å². The highest BCUT2D eigenvalue weighted by molar-refractivity contribution is 7.86. The Bertz CT molecular complexity index is 726. The molecular weight excluding hydrogens is 316 g/mol. The monoisotopic (exact) mass is 337 g/mol. The summed E-state index contributed by atoms with van der Waals surface area (Å²) in [7, 11) is -3.56. The number of rotatable bonds is 6. The Labute approximate surface area is 136 Å². The predicted octanol–water partition coefficient (Wildman–Crippen LogP) is 1.22. The molecule has 0 aliphatic carbocycles. The van der Waals surface area contributed by atoms with Crippen LogP contribution in [0.15, 0.2) is 36.9 Å². The van der Waals surface area contributed by atoms with Crippen molar-refractivity contribution < 1.29 is 17.3 Å². The maximum atomic E-state index is 11.9. The van der Waals surface area contributed by atoms with E-state index in [1.807, 2.05) is 20.8 Å². The minimum Gasteiger partial charge on any atom is -0.269 e. The summed E-state index contributed by atoms with van der Waals surface area (Å²) in [4.78, 5) is 8.27. The second-order valence-electron chi connectivity index (χ2n) is 6.34. The first kappa shape index (κ1) is 17.4. The molecule has 23 heavy (non-hydrogen) atoms. The van der Waals surface area contributed by atoms with Gasteiger partial charge in [-0.1, -0.05) is 25.5 Å². The summed E-state index contributed by atoms with van der Waals surface area (Å²) in [5.74, 6) is 0.454. The van der Waals surface area contributed by atoms with E-state index in [1.165, 1.54) is 0 Å². The topological polar surface area (TPSA) is 85.9 Å². The molecule has 2 aromatic rings. The van der Waals surface area contributed by atoms with Crippen molar-refractivity contribution in [3.05, 3.63) is 36.9 Å². The SMILES string of the molecule is CC(C)(C)COS(=O)(=O)CC[n+]1ccc(-c2ncccn2)cn1. The van der Waals surface area contributed by atoms with Crippen molar-refractivity contribution >= 4 is 10.1 Å². The first-order valence-corrected chi connectivity index (χ1v) is 8.83. The summed E-state index contributed by atoms with van der Waals surface area (Å²) in [5, 5.41) is 4.18. The molecule has 0 radical (unpaired) electrons. The van der Waals surface area contributed by atoms with Crippen molar-refractivity contribution in [3.63, 3.8) is 0 Å². The molecule has 0 amide bonds. The molecule has 8 heteroatoms. The lowest BCUT2D eigenvalue weighted by Crippen LogP contribution is -2.40. The Balaban J connectivity index is 1.94. The Morgan fingerprint density at radius 3 is 2.48 bits per heavy atom. The molecule has 7 nitrogen and oxygen atoms in total. The van der Waals surface area contributed by atoms with Crippen LogP contribution in [0.3, 0.4) is 0 Å². The van der Waals surface area contributed by atoms with Crippen molar-refractivity contribution in [1.82, 2.24) is 15.1 Å². The molecule has 2 rings (SSSR count). The quantitative estimate of drug-likeness (QED) is 0.582. The van der Waals surface area contributed by atoms with Crippen LogP contribution in [0.1, 0.15) is 20.8 Å². The highest BCUT2D eigenvalue weighted by atomic mass is 32.2. The fraction of sp³-hybridized carbons (Fsp3) is 0.467. The van der Waals surface area contributed by atoms with Gasteiger partial charge in [-0.25, -0.2) is 9.97 Å². The van der Waals surface area contributed by atoms with Crippen LogP contribution in [-0.4, -0.2) is 35.8 Å². The molecule has 0 atom stereocenters. The van der Waals surface area contributed by atoms with E-state index in [4.69, 9.17) is 4.18 Å². The van der Waals surface area contributed by atoms with Crippen molar-refractivity contribution in [2.24, 2.45) is 5.41 Å². The molecule has 124 valence electrons. The molecule has 0 bridgehead atoms. The third-order valence-electron chi connectivity index (χ3n) is 2.84. The predicted molar refractivity (Wildman–Crippen MR) is 84.7 cm³/mol. The third-order valence-corrected chi connectivity index (χ3v) is 4.00. The van der Waals surface area contributed by atoms with Gasteiger partial charge in [0.2, 0.25) is 0 Å². The molecule has 0 unspecified atom stereocenters. The number of nitrogens with zero attached hydrogens (tertiary/aromatic N) is 4. The van der Waals surface area contributed by atoms with Gasteiger partial charge in [-0.3, -0.25) is 4.18 Å². The molecule has 0 aromatic carbocycles. The van der Waals surface area contributed by atoms with Gasteiger partial charge < -0.3 is 0 Å². The van der Waals surface area contributed by atoms with Crippen LogP contribution >= 0.6 is 0 Å². The average molecular weight is 337 g/mol. The maximum Gasteiger partial charge on any atom is 0.273 e. The zero-order valence-electron chi connectivity index (χ0n) is 13.5. The summed E-state index contributed by atoms with van der Waals surface area (Å²) < 4.78 is 30.3. The maximum absolute atomic E-state index is 11.9. The van der Waals surface area contributed by atoms with Gasteiger partial charge >= 0.3 is 0 Å². The number of aromatic nitrogens is 4. The summed E-state index contributed by atoms with van der Waals surface area (Å²) in [6, 6.07) is 3.54. The molecular formula is C15H21N4O3S+. The molecule has 0 aliphatic rings. The molecule has 2 heterocycles. The van der Waals surface area contributed by atoms with Crippen LogP contribution in [0, 0.1) is 5.41 Å². The standard InChI is InChI=1S/C15H21N4O3S/c1-15(2,3)12-22-23(20,21)10-9-19-8-5-13(11-18-19)14-16-6-4-7-17-14/h4-8,11H,9-10,12H2,1-3H3/q+1. The Hall–Kier alpha value is -1.93. The molecule has 0 aliphatic heterocycles. The highest BCUT2D eigenvalue weighted by Gasteiger charge is 2.20. The summed E-state index contributed by atoms with van der Waals surface area (Å²) in [6.45, 7) is 6.15. The molecule has 0 saturated heterocycles. The zero-order chi connectivity index (χ0) is 16.9. The summed E-state index contributed by atoms with van der Waals surface area (Å²) in [5.41, 5.74) is 0.573. The fourth-order valence-corrected chi connectivity index (χ4v) is 2.69. The first-order chi connectivity index (χ1) is 10.8. The lowest BCUT2D eigenvalue weighted by molar-refractivity contribution is -0.750. The lowest BCUT2D eigenvalue weighted by Gasteiger charge is -2.17. The second kappa shape index (κ2) is 7.10. The van der Waals surface area contributed by atoms with E-state index >= 15 is 0 Å². The number of hydrogen-bond acceptors (Lipinski definition) is 6. The first-order valence-electron chi connectivity index (χ1n) is 7.25. The normalized spacial score (nSPS) is 12.3. The van der Waals surface area contributed by atoms with Gasteiger partial charge in [0, 0.05) is 24.0 Å². The summed E-state index contributed by atoms with van der Waals surface area (Å²) >= 11 is 0. The van der Waals surface area contributed by atoms with Gasteiger partial charge in [-0.05, 0) is 16.6 Å². The van der Waals surface area contributed by atoms with Gasteiger partial charge in [0.15, 0.2) is 18.6 Å². The highest BCUT2D eigenvalue weighted by Crippen LogP contribution is 2.14. The van der Waals surface area contributed by atoms with Gasteiger partial charge in [-0.15, -0.1) is 0 Å². The third kappa shape index (κ3) is 5.99. The van der Waals surface area contributed by atoms with Crippen LogP contribution in [-0.2, 0) is 20.8 Å². The van der Waals surface area contributed by atoms with Crippen molar-refractivity contribution in [3.8, 4) is 11.4 Å². The van der Waals surface area contributed by atoms with E-state index in [0.29, 0.717) is 5.82 Å². The van der Waals surface area contributed by atoms with E-state index in [9.17, 15) is 8.42 Å². The van der Waals surface area contributed by atoms with E-state index in [0.717, 1.165) is 5.56 Å². The second-order valence-corrected chi connectivity index (χ2v) is 8.10. The lowest BCUT2D eigenvalue weighted by atomic mass is 9.99. The Morgan fingerprint density at radius 2 is 1.91 bits per heavy atom. The fourth-order valence-electron chi connectivity index (χ4n) is 1.63. The number of hydrogen-bond donors (Lipinski definition) is 0. The summed E-state index contributed by atoms with van der Waals surface area (Å²) in [6.07, 6.45) is 6.62. The Morgan fingerprint density at radius 1 is 1.22 bits per heavy atom. The van der Waals surface area contributed by atoms with E-state index in [1.54, 1.807) is 41.6 Å². The van der Waals surface area contributed by atoms with E-state index in [2.05, 4.69) is 15.1 Å². The minimum atomic E-state index is -3.56. The van der Waals surface area contributed by atoms with Gasteiger partial charge in [0.1, 0.15) is 11.9 Å². The van der Waals surface area contributed by atoms with Crippen LogP contribution in [0.4, 0.5) is 0 Å². The van der Waals surface area contributed by atoms with Crippen molar-refractivity contribution in [2.75, 3.05) is 12.4 Å². The van der Waals surface area contributed by atoms with Gasteiger partial charge in [0.25, 0.3) is 10.1 Å².